The van der Waals surface area contributed by atoms with Crippen molar-refractivity contribution < 1.29 is 0 Å². The maximum absolute atomic E-state index is 5.11. The Labute approximate surface area is 181 Å². The van der Waals surface area contributed by atoms with Gasteiger partial charge in [0, 0.05) is 30.7 Å². The third-order valence-electron chi connectivity index (χ3n) is 6.87. The minimum Gasteiger partial charge on any atom is -0.371 e. The average molecular weight is 410 g/mol. The number of hydrogen-bond donors (Lipinski definition) is 1. The summed E-state index contributed by atoms with van der Waals surface area (Å²) in [5.74, 6) is 3.90. The molecule has 154 valence electrons. The number of nitrogens with one attached hydrogen (secondary N) is 1. The highest BCUT2D eigenvalue weighted by Crippen LogP contribution is 2.45. The minimum absolute atomic E-state index is 0. The number of fused-ring (bicyclic) bond motifs is 1. The molecule has 0 aromatic heterocycles. The third kappa shape index (κ3) is 4.78. The SMILES string of the molecule is Cl.c1ccc(CN(CCN=C2NC3CC4CC(C3)CC2C4)c2ccccc2)cc1. The summed E-state index contributed by atoms with van der Waals surface area (Å²) in [6.45, 7) is 2.75. The van der Waals surface area contributed by atoms with E-state index in [1.54, 1.807) is 0 Å². The molecule has 0 amide bonds. The number of para-hydroxylation sites is 1. The van der Waals surface area contributed by atoms with E-state index in [-0.39, 0.29) is 12.4 Å². The second-order valence-corrected chi connectivity index (χ2v) is 8.96. The quantitative estimate of drug-likeness (QED) is 0.699. The number of benzene rings is 2. The molecule has 4 bridgehead atoms. The zero-order valence-electron chi connectivity index (χ0n) is 17.0. The minimum atomic E-state index is 0. The van der Waals surface area contributed by atoms with E-state index in [1.165, 1.54) is 49.2 Å². The topological polar surface area (TPSA) is 27.6 Å². The molecule has 29 heavy (non-hydrogen) atoms. The van der Waals surface area contributed by atoms with Gasteiger partial charge in [-0.15, -0.1) is 12.4 Å². The van der Waals surface area contributed by atoms with E-state index in [9.17, 15) is 0 Å². The maximum atomic E-state index is 5.11. The number of hydrogen-bond acceptors (Lipinski definition) is 2. The molecule has 2 saturated heterocycles. The van der Waals surface area contributed by atoms with Gasteiger partial charge in [-0.05, 0) is 61.6 Å². The summed E-state index contributed by atoms with van der Waals surface area (Å²) in [5, 5.41) is 3.83. The average Bonchev–Trinajstić information content (AvgIpc) is 2.91. The molecule has 6 rings (SSSR count). The largest absolute Gasteiger partial charge is 0.371 e. The van der Waals surface area contributed by atoms with E-state index in [4.69, 9.17) is 4.99 Å². The van der Waals surface area contributed by atoms with Crippen molar-refractivity contribution in [3.8, 4) is 0 Å². The molecule has 4 heteroatoms. The Morgan fingerprint density at radius 3 is 2.17 bits per heavy atom. The van der Waals surface area contributed by atoms with Crippen LogP contribution in [-0.2, 0) is 6.54 Å². The number of rotatable bonds is 6. The first-order chi connectivity index (χ1) is 13.8. The summed E-state index contributed by atoms with van der Waals surface area (Å²) < 4.78 is 0. The predicted molar refractivity (Wildman–Crippen MR) is 124 cm³/mol. The lowest BCUT2D eigenvalue weighted by atomic mass is 9.68. The number of anilines is 1. The Kier molecular flexibility index (Phi) is 6.44. The maximum Gasteiger partial charge on any atom is 0.0997 e. The molecule has 2 unspecified atom stereocenters. The monoisotopic (exact) mass is 409 g/mol. The molecule has 2 aliphatic carbocycles. The van der Waals surface area contributed by atoms with Gasteiger partial charge in [0.05, 0.1) is 12.4 Å². The van der Waals surface area contributed by atoms with Gasteiger partial charge in [-0.3, -0.25) is 4.99 Å². The molecule has 2 aromatic carbocycles. The van der Waals surface area contributed by atoms with Gasteiger partial charge in [-0.25, -0.2) is 0 Å². The second kappa shape index (κ2) is 9.21. The first-order valence-electron chi connectivity index (χ1n) is 11.0. The summed E-state index contributed by atoms with van der Waals surface area (Å²) in [6, 6.07) is 22.2. The Bertz CT molecular complexity index is 793. The summed E-state index contributed by atoms with van der Waals surface area (Å²) in [7, 11) is 0. The van der Waals surface area contributed by atoms with Crippen molar-refractivity contribution in [1.29, 1.82) is 0 Å². The summed E-state index contributed by atoms with van der Waals surface area (Å²) in [6.07, 6.45) is 6.95. The van der Waals surface area contributed by atoms with E-state index >= 15 is 0 Å². The van der Waals surface area contributed by atoms with Gasteiger partial charge in [0.25, 0.3) is 0 Å². The smallest absolute Gasteiger partial charge is 0.0997 e. The highest BCUT2D eigenvalue weighted by Gasteiger charge is 2.41. The van der Waals surface area contributed by atoms with Crippen LogP contribution in [0.4, 0.5) is 5.69 Å². The summed E-state index contributed by atoms with van der Waals surface area (Å²) >= 11 is 0. The fourth-order valence-electron chi connectivity index (χ4n) is 5.73. The fourth-order valence-corrected chi connectivity index (χ4v) is 5.73. The standard InChI is InChI=1S/C25H31N3.ClH/c1-3-7-19(8-4-1)18-28(24-9-5-2-6-10-24)12-11-26-25-22-14-20-13-21(15-22)17-23(16-20)27-25;/h1-10,20-23H,11-18H2,(H,26,27);1H. The number of aliphatic imine (C=N–C) groups is 1. The van der Waals surface area contributed by atoms with Crippen LogP contribution in [0.3, 0.4) is 0 Å². The van der Waals surface area contributed by atoms with Crippen LogP contribution in [0.2, 0.25) is 0 Å². The van der Waals surface area contributed by atoms with Gasteiger partial charge in [-0.1, -0.05) is 48.5 Å². The van der Waals surface area contributed by atoms with Crippen LogP contribution in [0.5, 0.6) is 0 Å². The van der Waals surface area contributed by atoms with Gasteiger partial charge in [0.15, 0.2) is 0 Å². The second-order valence-electron chi connectivity index (χ2n) is 8.96. The summed E-state index contributed by atoms with van der Waals surface area (Å²) in [5.41, 5.74) is 2.63. The van der Waals surface area contributed by atoms with E-state index in [0.717, 1.165) is 31.5 Å². The van der Waals surface area contributed by atoms with Crippen LogP contribution in [0.25, 0.3) is 0 Å². The zero-order chi connectivity index (χ0) is 18.8. The Balaban J connectivity index is 0.00000205. The van der Waals surface area contributed by atoms with Crippen molar-refractivity contribution in [3.63, 3.8) is 0 Å². The van der Waals surface area contributed by atoms with Crippen LogP contribution >= 0.6 is 12.4 Å². The van der Waals surface area contributed by atoms with E-state index in [1.807, 2.05) is 0 Å². The first-order valence-corrected chi connectivity index (χ1v) is 11.0. The fraction of sp³-hybridized carbons (Fsp3) is 0.480. The van der Waals surface area contributed by atoms with Crippen LogP contribution in [0.1, 0.15) is 37.7 Å². The molecule has 0 spiro atoms. The van der Waals surface area contributed by atoms with Crippen molar-refractivity contribution in [2.45, 2.75) is 44.7 Å². The third-order valence-corrected chi connectivity index (χ3v) is 6.87. The molecular formula is C25H32ClN3. The van der Waals surface area contributed by atoms with Crippen molar-refractivity contribution in [2.75, 3.05) is 18.0 Å². The van der Waals surface area contributed by atoms with Crippen LogP contribution in [0.15, 0.2) is 65.7 Å². The molecule has 1 N–H and O–H groups in total. The van der Waals surface area contributed by atoms with Gasteiger partial charge in [0.1, 0.15) is 0 Å². The van der Waals surface area contributed by atoms with Gasteiger partial charge in [-0.2, -0.15) is 0 Å². The van der Waals surface area contributed by atoms with Crippen molar-refractivity contribution >= 4 is 23.9 Å². The highest BCUT2D eigenvalue weighted by molar-refractivity contribution is 5.86. The number of halogens is 1. The molecule has 4 aliphatic rings. The lowest BCUT2D eigenvalue weighted by Gasteiger charge is -2.37. The molecule has 2 heterocycles. The first kappa shape index (κ1) is 20.3. The van der Waals surface area contributed by atoms with Crippen molar-refractivity contribution in [3.05, 3.63) is 66.2 Å². The molecule has 2 aromatic rings. The molecule has 2 atom stereocenters. The predicted octanol–water partition coefficient (Wildman–Crippen LogP) is 5.31. The van der Waals surface area contributed by atoms with Gasteiger partial charge < -0.3 is 10.2 Å². The number of nitrogens with zero attached hydrogens (tertiary/aromatic N) is 2. The Morgan fingerprint density at radius 2 is 1.48 bits per heavy atom. The van der Waals surface area contributed by atoms with Gasteiger partial charge in [0.2, 0.25) is 0 Å². The normalized spacial score (nSPS) is 28.5. The molecule has 2 aliphatic heterocycles. The molecule has 2 saturated carbocycles. The van der Waals surface area contributed by atoms with E-state index < -0.39 is 0 Å². The van der Waals surface area contributed by atoms with Crippen molar-refractivity contribution in [1.82, 2.24) is 5.32 Å². The van der Waals surface area contributed by atoms with E-state index in [0.29, 0.717) is 12.0 Å². The van der Waals surface area contributed by atoms with Crippen molar-refractivity contribution in [2.24, 2.45) is 22.7 Å². The van der Waals surface area contributed by atoms with Crippen LogP contribution in [-0.4, -0.2) is 25.0 Å². The molecular weight excluding hydrogens is 378 g/mol. The van der Waals surface area contributed by atoms with Crippen LogP contribution in [0, 0.1) is 17.8 Å². The lowest BCUT2D eigenvalue weighted by molar-refractivity contribution is 0.162. The molecule has 0 radical (unpaired) electrons. The van der Waals surface area contributed by atoms with Gasteiger partial charge >= 0.3 is 0 Å². The highest BCUT2D eigenvalue weighted by atomic mass is 35.5. The summed E-state index contributed by atoms with van der Waals surface area (Å²) in [4.78, 5) is 7.57. The Hall–Kier alpha value is -2.00. The van der Waals surface area contributed by atoms with E-state index in [2.05, 4.69) is 70.9 Å². The zero-order valence-corrected chi connectivity index (χ0v) is 17.9. The molecule has 3 nitrogen and oxygen atoms in total. The lowest BCUT2D eigenvalue weighted by Crippen LogP contribution is -2.36. The Morgan fingerprint density at radius 1 is 0.828 bits per heavy atom. The molecule has 4 fully saturated rings. The number of amidine groups is 1. The van der Waals surface area contributed by atoms with Crippen LogP contribution < -0.4 is 10.2 Å².